The van der Waals surface area contributed by atoms with E-state index in [1.165, 1.54) is 5.57 Å². The van der Waals surface area contributed by atoms with Crippen LogP contribution in [0.25, 0.3) is 5.57 Å². The zero-order valence-electron chi connectivity index (χ0n) is 14.6. The van der Waals surface area contributed by atoms with Gasteiger partial charge in [-0.1, -0.05) is 36.3 Å². The molecule has 0 saturated heterocycles. The van der Waals surface area contributed by atoms with E-state index in [2.05, 4.69) is 19.9 Å². The molecule has 2 bridgehead atoms. The number of anilines is 1. The van der Waals surface area contributed by atoms with Crippen LogP contribution in [0.4, 0.5) is 5.69 Å². The van der Waals surface area contributed by atoms with E-state index < -0.39 is 5.41 Å². The number of likely N-dealkylation sites (N-methyl/N-ethyl adjacent to an activating group) is 1. The number of fused-ring (bicyclic) bond motifs is 3. The van der Waals surface area contributed by atoms with Gasteiger partial charge in [0.25, 0.3) is 5.91 Å². The van der Waals surface area contributed by atoms with Gasteiger partial charge >= 0.3 is 0 Å². The number of ketones is 1. The standard InChI is InChI=1S/C21H23NO2/c1-13(2)9-11-21-10-5-7-15(19(21)23)14-6-4-8-17-18(14)16(12-21)20(24)22(17)3/h4,6,8-9,12,15H,5,7,10-11H2,1-3H3/t15-,21-/m0/s1. The molecule has 1 saturated carbocycles. The number of allylic oxidation sites excluding steroid dienone is 3. The number of Topliss-reactive ketones (excluding diaryl/α,β-unsaturated/α-hetero) is 1. The van der Waals surface area contributed by atoms with Crippen LogP contribution in [0.5, 0.6) is 0 Å². The molecule has 0 N–H and O–H groups in total. The van der Waals surface area contributed by atoms with E-state index in [4.69, 9.17) is 0 Å². The number of hydrogen-bond acceptors (Lipinski definition) is 2. The van der Waals surface area contributed by atoms with Crippen LogP contribution in [0.2, 0.25) is 0 Å². The summed E-state index contributed by atoms with van der Waals surface area (Å²) in [4.78, 5) is 28.0. The largest absolute Gasteiger partial charge is 0.311 e. The van der Waals surface area contributed by atoms with Gasteiger partial charge in [0, 0.05) is 24.1 Å². The van der Waals surface area contributed by atoms with Crippen molar-refractivity contribution in [3.8, 4) is 0 Å². The topological polar surface area (TPSA) is 37.4 Å². The minimum absolute atomic E-state index is 0.0226. The highest BCUT2D eigenvalue weighted by molar-refractivity contribution is 6.34. The Kier molecular flexibility index (Phi) is 3.31. The highest BCUT2D eigenvalue weighted by Crippen LogP contribution is 2.53. The van der Waals surface area contributed by atoms with Crippen LogP contribution >= 0.6 is 0 Å². The Hall–Kier alpha value is -2.16. The molecule has 1 amide bonds. The molecule has 2 atom stereocenters. The number of carbonyl (C=O) groups excluding carboxylic acids is 2. The third-order valence-electron chi connectivity index (χ3n) is 5.83. The Balaban J connectivity index is 1.97. The Morgan fingerprint density at radius 1 is 1.33 bits per heavy atom. The number of hydrogen-bond donors (Lipinski definition) is 0. The third-order valence-corrected chi connectivity index (χ3v) is 5.83. The number of benzene rings is 1. The molecule has 0 radical (unpaired) electrons. The van der Waals surface area contributed by atoms with Crippen molar-refractivity contribution < 1.29 is 9.59 Å². The van der Waals surface area contributed by atoms with Crippen molar-refractivity contribution in [3.63, 3.8) is 0 Å². The maximum Gasteiger partial charge on any atom is 0.258 e. The van der Waals surface area contributed by atoms with E-state index in [1.54, 1.807) is 4.90 Å². The highest BCUT2D eigenvalue weighted by Gasteiger charge is 2.49. The summed E-state index contributed by atoms with van der Waals surface area (Å²) in [6, 6.07) is 6.01. The fourth-order valence-corrected chi connectivity index (χ4v) is 4.54. The van der Waals surface area contributed by atoms with E-state index >= 15 is 0 Å². The van der Waals surface area contributed by atoms with Crippen molar-refractivity contribution in [3.05, 3.63) is 47.1 Å². The van der Waals surface area contributed by atoms with Crippen LogP contribution in [0.1, 0.15) is 56.6 Å². The molecule has 4 rings (SSSR count). The van der Waals surface area contributed by atoms with Gasteiger partial charge in [-0.05, 0) is 44.7 Å². The molecule has 0 unspecified atom stereocenters. The first kappa shape index (κ1) is 15.4. The van der Waals surface area contributed by atoms with Crippen LogP contribution in [0.3, 0.4) is 0 Å². The summed E-state index contributed by atoms with van der Waals surface area (Å²) >= 11 is 0. The molecule has 124 valence electrons. The first-order valence-electron chi connectivity index (χ1n) is 8.76. The second-order valence-electron chi connectivity index (χ2n) is 7.61. The molecular weight excluding hydrogens is 298 g/mol. The maximum absolute atomic E-state index is 13.4. The normalized spacial score (nSPS) is 27.5. The molecule has 0 aromatic heterocycles. The van der Waals surface area contributed by atoms with E-state index in [-0.39, 0.29) is 11.8 Å². The summed E-state index contributed by atoms with van der Waals surface area (Å²) < 4.78 is 0. The zero-order valence-corrected chi connectivity index (χ0v) is 14.6. The third kappa shape index (κ3) is 1.97. The van der Waals surface area contributed by atoms with E-state index in [9.17, 15) is 9.59 Å². The van der Waals surface area contributed by atoms with Crippen molar-refractivity contribution in [1.29, 1.82) is 0 Å². The predicted octanol–water partition coefficient (Wildman–Crippen LogP) is 4.24. The minimum Gasteiger partial charge on any atom is -0.311 e. The fourth-order valence-electron chi connectivity index (χ4n) is 4.54. The van der Waals surface area contributed by atoms with Crippen molar-refractivity contribution in [2.75, 3.05) is 11.9 Å². The molecule has 0 spiro atoms. The Bertz CT molecular complexity index is 813. The van der Waals surface area contributed by atoms with Gasteiger partial charge in [0.05, 0.1) is 11.1 Å². The van der Waals surface area contributed by atoms with E-state index in [0.29, 0.717) is 12.2 Å². The SMILES string of the molecule is CC(C)=CC[C@]12C=C3C(=O)N(C)c4cccc(c43)[C@H](CCC1)C2=O. The fraction of sp³-hybridized carbons (Fsp3) is 0.429. The van der Waals surface area contributed by atoms with Gasteiger partial charge in [-0.15, -0.1) is 0 Å². The van der Waals surface area contributed by atoms with Crippen LogP contribution in [0.15, 0.2) is 35.9 Å². The van der Waals surface area contributed by atoms with E-state index in [1.807, 2.05) is 31.3 Å². The predicted molar refractivity (Wildman–Crippen MR) is 95.9 cm³/mol. The molecule has 24 heavy (non-hydrogen) atoms. The molecule has 1 heterocycles. The van der Waals surface area contributed by atoms with Gasteiger partial charge in [-0.25, -0.2) is 0 Å². The lowest BCUT2D eigenvalue weighted by Gasteiger charge is -2.36. The summed E-state index contributed by atoms with van der Waals surface area (Å²) in [7, 11) is 1.83. The van der Waals surface area contributed by atoms with Crippen LogP contribution < -0.4 is 4.90 Å². The number of amides is 1. The minimum atomic E-state index is -0.521. The highest BCUT2D eigenvalue weighted by atomic mass is 16.2. The molecule has 1 fully saturated rings. The molecule has 3 heteroatoms. The molecule has 1 aromatic rings. The summed E-state index contributed by atoms with van der Waals surface area (Å²) in [5.41, 5.74) is 4.44. The Morgan fingerprint density at radius 3 is 2.88 bits per heavy atom. The van der Waals surface area contributed by atoms with Crippen LogP contribution in [0, 0.1) is 5.41 Å². The van der Waals surface area contributed by atoms with Crippen LogP contribution in [-0.4, -0.2) is 18.7 Å². The van der Waals surface area contributed by atoms with E-state index in [0.717, 1.165) is 41.6 Å². The van der Waals surface area contributed by atoms with Gasteiger partial charge in [-0.3, -0.25) is 9.59 Å². The smallest absolute Gasteiger partial charge is 0.258 e. The average molecular weight is 321 g/mol. The molecule has 1 aliphatic heterocycles. The molecule has 1 aromatic carbocycles. The van der Waals surface area contributed by atoms with Gasteiger partial charge < -0.3 is 4.90 Å². The maximum atomic E-state index is 13.4. The number of rotatable bonds is 2. The second-order valence-corrected chi connectivity index (χ2v) is 7.61. The lowest BCUT2D eigenvalue weighted by molar-refractivity contribution is -0.130. The van der Waals surface area contributed by atoms with Crippen molar-refractivity contribution in [2.24, 2.45) is 5.41 Å². The molecule has 2 aliphatic carbocycles. The monoisotopic (exact) mass is 321 g/mol. The van der Waals surface area contributed by atoms with Crippen LogP contribution in [-0.2, 0) is 9.59 Å². The first-order chi connectivity index (χ1) is 11.4. The number of carbonyl (C=O) groups is 2. The summed E-state index contributed by atoms with van der Waals surface area (Å²) in [6.07, 6.45) is 7.64. The summed E-state index contributed by atoms with van der Waals surface area (Å²) in [6.45, 7) is 4.12. The lowest BCUT2D eigenvalue weighted by Crippen LogP contribution is -2.37. The summed E-state index contributed by atoms with van der Waals surface area (Å²) in [5.74, 6) is 0.249. The van der Waals surface area contributed by atoms with Crippen molar-refractivity contribution >= 4 is 23.0 Å². The molecular formula is C21H23NO2. The van der Waals surface area contributed by atoms with Crippen molar-refractivity contribution in [2.45, 2.75) is 45.4 Å². The molecule has 3 aliphatic rings. The Labute approximate surface area is 143 Å². The number of nitrogens with zero attached hydrogens (tertiary/aromatic N) is 1. The second kappa shape index (κ2) is 5.17. The average Bonchev–Trinajstić information content (AvgIpc) is 2.78. The quantitative estimate of drug-likeness (QED) is 0.764. The van der Waals surface area contributed by atoms with Gasteiger partial charge in [0.1, 0.15) is 0 Å². The summed E-state index contributed by atoms with van der Waals surface area (Å²) in [5, 5.41) is 0. The van der Waals surface area contributed by atoms with Gasteiger partial charge in [0.2, 0.25) is 0 Å². The zero-order chi connectivity index (χ0) is 17.1. The molecule has 3 nitrogen and oxygen atoms in total. The lowest BCUT2D eigenvalue weighted by atomic mass is 9.65. The van der Waals surface area contributed by atoms with Gasteiger partial charge in [-0.2, -0.15) is 0 Å². The first-order valence-corrected chi connectivity index (χ1v) is 8.76. The van der Waals surface area contributed by atoms with Crippen molar-refractivity contribution in [1.82, 2.24) is 0 Å². The Morgan fingerprint density at radius 2 is 2.12 bits per heavy atom. The van der Waals surface area contributed by atoms with Gasteiger partial charge in [0.15, 0.2) is 5.78 Å².